The number of benzene rings is 3. The van der Waals surface area contributed by atoms with E-state index < -0.39 is 5.97 Å². The number of rotatable bonds is 7. The average Bonchev–Trinajstić information content (AvgIpc) is 3.17. The number of aliphatic carboxylic acids is 1. The van der Waals surface area contributed by atoms with Gasteiger partial charge in [-0.15, -0.1) is 0 Å². The molecule has 4 rings (SSSR count). The van der Waals surface area contributed by atoms with Crippen molar-refractivity contribution in [1.29, 1.82) is 0 Å². The van der Waals surface area contributed by atoms with Crippen LogP contribution >= 0.6 is 0 Å². The summed E-state index contributed by atoms with van der Waals surface area (Å²) in [5.41, 5.74) is 4.03. The molecule has 4 aromatic rings. The zero-order chi connectivity index (χ0) is 24.3. The van der Waals surface area contributed by atoms with Crippen LogP contribution in [0.5, 0.6) is 5.75 Å². The first-order chi connectivity index (χ1) is 16.2. The van der Waals surface area contributed by atoms with E-state index in [-0.39, 0.29) is 5.41 Å². The number of oxazole rings is 1. The Balaban J connectivity index is 1.48. The Hall–Kier alpha value is -3.86. The number of hydrogen-bond donors (Lipinski definition) is 1. The van der Waals surface area contributed by atoms with Crippen LogP contribution in [0.4, 0.5) is 0 Å². The molecule has 0 aliphatic heterocycles. The number of aromatic nitrogens is 1. The van der Waals surface area contributed by atoms with E-state index in [2.05, 4.69) is 45.0 Å². The predicted molar refractivity (Wildman–Crippen MR) is 135 cm³/mol. The van der Waals surface area contributed by atoms with Crippen molar-refractivity contribution in [2.75, 3.05) is 6.61 Å². The quantitative estimate of drug-likeness (QED) is 0.310. The molecule has 0 amide bonds. The molecule has 0 aliphatic carbocycles. The van der Waals surface area contributed by atoms with Gasteiger partial charge in [0.25, 0.3) is 0 Å². The third-order valence-electron chi connectivity index (χ3n) is 5.81. The van der Waals surface area contributed by atoms with E-state index in [1.54, 1.807) is 6.08 Å². The summed E-state index contributed by atoms with van der Waals surface area (Å²) < 4.78 is 12.0. The smallest absolute Gasteiger partial charge is 0.328 e. The molecule has 1 aromatic heterocycles. The van der Waals surface area contributed by atoms with Crippen molar-refractivity contribution in [3.05, 3.63) is 89.3 Å². The fourth-order valence-corrected chi connectivity index (χ4v) is 3.89. The van der Waals surface area contributed by atoms with Gasteiger partial charge in [0, 0.05) is 23.4 Å². The molecule has 0 aliphatic rings. The van der Waals surface area contributed by atoms with Crippen LogP contribution in [-0.2, 0) is 16.6 Å². The lowest BCUT2D eigenvalue weighted by atomic mass is 9.87. The Kier molecular flexibility index (Phi) is 6.55. The summed E-state index contributed by atoms with van der Waals surface area (Å²) in [6.45, 7) is 8.95. The number of fused-ring (bicyclic) bond motifs is 1. The Labute approximate surface area is 199 Å². The van der Waals surface area contributed by atoms with Gasteiger partial charge >= 0.3 is 5.97 Å². The van der Waals surface area contributed by atoms with Gasteiger partial charge in [-0.1, -0.05) is 63.2 Å². The Morgan fingerprint density at radius 1 is 1.03 bits per heavy atom. The third-order valence-corrected chi connectivity index (χ3v) is 5.81. The van der Waals surface area contributed by atoms with Crippen molar-refractivity contribution in [3.63, 3.8) is 0 Å². The van der Waals surface area contributed by atoms with Crippen LogP contribution < -0.4 is 4.74 Å². The van der Waals surface area contributed by atoms with Crippen molar-refractivity contribution >= 4 is 22.8 Å². The molecule has 0 spiro atoms. The SMILES string of the molecule is Cc1oc(-c2ccc(C(C)(C)C)cc2)nc1CCOc1cccc2c(/C=C/C(=O)O)cccc12. The molecule has 0 bridgehead atoms. The summed E-state index contributed by atoms with van der Waals surface area (Å²) in [5, 5.41) is 10.8. The number of nitrogens with zero attached hydrogens (tertiary/aromatic N) is 1. The van der Waals surface area contributed by atoms with Gasteiger partial charge in [-0.3, -0.25) is 0 Å². The van der Waals surface area contributed by atoms with Gasteiger partial charge in [0.15, 0.2) is 0 Å². The fourth-order valence-electron chi connectivity index (χ4n) is 3.89. The second-order valence-electron chi connectivity index (χ2n) is 9.32. The van der Waals surface area contributed by atoms with E-state index in [1.165, 1.54) is 5.56 Å². The van der Waals surface area contributed by atoms with E-state index in [4.69, 9.17) is 19.2 Å². The third kappa shape index (κ3) is 5.20. The van der Waals surface area contributed by atoms with E-state index >= 15 is 0 Å². The van der Waals surface area contributed by atoms with Crippen LogP contribution in [0.1, 0.15) is 43.4 Å². The van der Waals surface area contributed by atoms with Crippen LogP contribution in [0, 0.1) is 6.92 Å². The standard InChI is InChI=1S/C29H29NO4/c1-19-25(30-28(34-19)21-11-14-22(15-12-21)29(2,3)4)17-18-33-26-10-6-8-23-20(13-16-27(31)32)7-5-9-24(23)26/h5-16H,17-18H2,1-4H3,(H,31,32)/b16-13+. The zero-order valence-electron chi connectivity index (χ0n) is 20.0. The lowest BCUT2D eigenvalue weighted by molar-refractivity contribution is -0.131. The monoisotopic (exact) mass is 455 g/mol. The lowest BCUT2D eigenvalue weighted by Crippen LogP contribution is -2.10. The van der Waals surface area contributed by atoms with Crippen molar-refractivity contribution in [1.82, 2.24) is 4.98 Å². The number of hydrogen-bond acceptors (Lipinski definition) is 4. The van der Waals surface area contributed by atoms with Gasteiger partial charge in [0.05, 0.1) is 12.3 Å². The molecule has 174 valence electrons. The summed E-state index contributed by atoms with van der Waals surface area (Å²) in [7, 11) is 0. The van der Waals surface area contributed by atoms with Gasteiger partial charge in [-0.05, 0) is 53.1 Å². The summed E-state index contributed by atoms with van der Waals surface area (Å²) in [5.74, 6) is 1.18. The topological polar surface area (TPSA) is 72.6 Å². The van der Waals surface area contributed by atoms with Crippen LogP contribution in [-0.4, -0.2) is 22.7 Å². The first-order valence-corrected chi connectivity index (χ1v) is 11.3. The van der Waals surface area contributed by atoms with Crippen LogP contribution in [0.3, 0.4) is 0 Å². The van der Waals surface area contributed by atoms with Crippen LogP contribution in [0.2, 0.25) is 0 Å². The molecule has 0 fully saturated rings. The van der Waals surface area contributed by atoms with Crippen molar-refractivity contribution < 1.29 is 19.1 Å². The Bertz CT molecular complexity index is 1340. The molecule has 0 atom stereocenters. The van der Waals surface area contributed by atoms with Crippen molar-refractivity contribution in [2.24, 2.45) is 0 Å². The van der Waals surface area contributed by atoms with Crippen molar-refractivity contribution in [2.45, 2.75) is 39.5 Å². The molecule has 1 N–H and O–H groups in total. The number of carboxylic acids is 1. The second kappa shape index (κ2) is 9.56. The zero-order valence-corrected chi connectivity index (χ0v) is 20.0. The number of aryl methyl sites for hydroxylation is 1. The van der Waals surface area contributed by atoms with Crippen LogP contribution in [0.15, 0.2) is 71.2 Å². The largest absolute Gasteiger partial charge is 0.493 e. The normalized spacial score (nSPS) is 11.9. The first kappa shape index (κ1) is 23.3. The summed E-state index contributed by atoms with van der Waals surface area (Å²) >= 11 is 0. The highest BCUT2D eigenvalue weighted by atomic mass is 16.5. The van der Waals surface area contributed by atoms with Gasteiger partial charge in [0.2, 0.25) is 5.89 Å². The molecule has 3 aromatic carbocycles. The number of ether oxygens (including phenoxy) is 1. The summed E-state index contributed by atoms with van der Waals surface area (Å²) in [6, 6.07) is 19.9. The minimum Gasteiger partial charge on any atom is -0.493 e. The highest BCUT2D eigenvalue weighted by Gasteiger charge is 2.16. The maximum absolute atomic E-state index is 10.9. The van der Waals surface area contributed by atoms with E-state index in [9.17, 15) is 4.79 Å². The molecule has 0 unspecified atom stereocenters. The van der Waals surface area contributed by atoms with E-state index in [0.717, 1.165) is 45.2 Å². The molecule has 34 heavy (non-hydrogen) atoms. The van der Waals surface area contributed by atoms with Gasteiger partial charge in [-0.25, -0.2) is 9.78 Å². The highest BCUT2D eigenvalue weighted by molar-refractivity contribution is 5.97. The molecule has 0 saturated carbocycles. The molecule has 1 heterocycles. The number of carbonyl (C=O) groups is 1. The predicted octanol–water partition coefficient (Wildman–Crippen LogP) is 6.82. The summed E-state index contributed by atoms with van der Waals surface area (Å²) in [4.78, 5) is 15.6. The maximum atomic E-state index is 10.9. The number of carboxylic acid groups (broad SMARTS) is 1. The maximum Gasteiger partial charge on any atom is 0.328 e. The lowest BCUT2D eigenvalue weighted by Gasteiger charge is -2.18. The Morgan fingerprint density at radius 3 is 2.44 bits per heavy atom. The van der Waals surface area contributed by atoms with Gasteiger partial charge < -0.3 is 14.3 Å². The van der Waals surface area contributed by atoms with Crippen molar-refractivity contribution in [3.8, 4) is 17.2 Å². The van der Waals surface area contributed by atoms with Gasteiger partial charge in [0.1, 0.15) is 11.5 Å². The first-order valence-electron chi connectivity index (χ1n) is 11.3. The highest BCUT2D eigenvalue weighted by Crippen LogP contribution is 2.30. The van der Waals surface area contributed by atoms with E-state index in [0.29, 0.717) is 18.9 Å². The average molecular weight is 456 g/mol. The molecule has 0 saturated heterocycles. The molecular formula is C29H29NO4. The molecular weight excluding hydrogens is 426 g/mol. The summed E-state index contributed by atoms with van der Waals surface area (Å²) in [6.07, 6.45) is 3.36. The minimum atomic E-state index is -0.975. The fraction of sp³-hybridized carbons (Fsp3) is 0.241. The molecule has 5 nitrogen and oxygen atoms in total. The minimum absolute atomic E-state index is 0.0997. The molecule has 0 radical (unpaired) electrons. The van der Waals surface area contributed by atoms with Gasteiger partial charge in [-0.2, -0.15) is 0 Å². The van der Waals surface area contributed by atoms with E-state index in [1.807, 2.05) is 43.3 Å². The van der Waals surface area contributed by atoms with Crippen LogP contribution in [0.25, 0.3) is 28.3 Å². The Morgan fingerprint density at radius 2 is 1.74 bits per heavy atom. The molecule has 5 heteroatoms. The second-order valence-corrected chi connectivity index (χ2v) is 9.32.